The van der Waals surface area contributed by atoms with Crippen LogP contribution in [0.25, 0.3) is 0 Å². The largest absolute Gasteiger partial charge is 0.483 e. The van der Waals surface area contributed by atoms with E-state index in [4.69, 9.17) is 19.4 Å². The molecule has 3 aliphatic rings. The molecule has 1 saturated carbocycles. The molecule has 4 rings (SSSR count). The monoisotopic (exact) mass is 412 g/mol. The van der Waals surface area contributed by atoms with Crippen molar-refractivity contribution in [3.63, 3.8) is 0 Å². The average Bonchev–Trinajstić information content (AvgIpc) is 3.07. The van der Waals surface area contributed by atoms with Gasteiger partial charge in [-0.15, -0.1) is 0 Å². The average molecular weight is 413 g/mol. The number of rotatable bonds is 4. The van der Waals surface area contributed by atoms with Crippen LogP contribution >= 0.6 is 0 Å². The predicted octanol–water partition coefficient (Wildman–Crippen LogP) is 4.91. The van der Waals surface area contributed by atoms with Crippen LogP contribution in [0, 0.1) is 11.8 Å². The molecule has 5 nitrogen and oxygen atoms in total. The summed E-state index contributed by atoms with van der Waals surface area (Å²) < 4.78 is 10.9. The van der Waals surface area contributed by atoms with Gasteiger partial charge in [-0.3, -0.25) is 9.59 Å². The van der Waals surface area contributed by atoms with Crippen molar-refractivity contribution in [1.29, 1.82) is 0 Å². The van der Waals surface area contributed by atoms with E-state index in [1.165, 1.54) is 5.56 Å². The zero-order valence-electron chi connectivity index (χ0n) is 17.4. The molecule has 0 amide bonds. The van der Waals surface area contributed by atoms with Crippen LogP contribution in [0.4, 0.5) is 0 Å². The third kappa shape index (κ3) is 8.37. The molecule has 0 radical (unpaired) electrons. The number of carbonyl (C=O) groups excluding carboxylic acids is 1. The Balaban J connectivity index is 0.000000266. The topological polar surface area (TPSA) is 72.8 Å². The molecule has 1 N–H and O–H groups in total. The summed E-state index contributed by atoms with van der Waals surface area (Å²) in [7, 11) is 0. The first kappa shape index (κ1) is 23.6. The van der Waals surface area contributed by atoms with Gasteiger partial charge in [0.05, 0.1) is 12.5 Å². The molecule has 1 aromatic carbocycles. The first-order valence-corrected chi connectivity index (χ1v) is 10.6. The van der Waals surface area contributed by atoms with Crippen molar-refractivity contribution in [3.8, 4) is 0 Å². The normalized spacial score (nSPS) is 22.3. The lowest BCUT2D eigenvalue weighted by Gasteiger charge is -2.35. The van der Waals surface area contributed by atoms with Crippen molar-refractivity contribution in [2.45, 2.75) is 38.0 Å². The summed E-state index contributed by atoms with van der Waals surface area (Å²) in [6.07, 6.45) is 17.6. The number of carbonyl (C=O) groups is 2. The van der Waals surface area contributed by atoms with Gasteiger partial charge in [-0.25, -0.2) is 0 Å². The van der Waals surface area contributed by atoms with Crippen LogP contribution in [0.2, 0.25) is 0 Å². The second-order valence-corrected chi connectivity index (χ2v) is 7.47. The maximum atomic E-state index is 12.2. The van der Waals surface area contributed by atoms with E-state index < -0.39 is 0 Å². The van der Waals surface area contributed by atoms with E-state index in [1.54, 1.807) is 0 Å². The van der Waals surface area contributed by atoms with Crippen LogP contribution in [0.1, 0.15) is 43.6 Å². The maximum Gasteiger partial charge on any atom is 0.309 e. The number of hydrogen-bond donors (Lipinski definition) is 1. The van der Waals surface area contributed by atoms with Gasteiger partial charge in [-0.05, 0) is 49.5 Å². The number of esters is 1. The number of hydrogen-bond acceptors (Lipinski definition) is 4. The molecule has 30 heavy (non-hydrogen) atoms. The Morgan fingerprint density at radius 3 is 2.20 bits per heavy atom. The zero-order chi connectivity index (χ0) is 21.4. The number of allylic oxidation sites excluding steroid dienone is 6. The van der Waals surface area contributed by atoms with Crippen molar-refractivity contribution in [3.05, 3.63) is 72.4 Å². The molecule has 2 aliphatic carbocycles. The second kappa shape index (κ2) is 14.3. The molecule has 1 unspecified atom stereocenters. The Morgan fingerprint density at radius 2 is 1.63 bits per heavy atom. The highest BCUT2D eigenvalue weighted by Crippen LogP contribution is 2.43. The number of benzene rings is 1. The molecule has 1 aromatic rings. The van der Waals surface area contributed by atoms with Crippen LogP contribution in [0.5, 0.6) is 0 Å². The van der Waals surface area contributed by atoms with Crippen LogP contribution < -0.4 is 0 Å². The quantitative estimate of drug-likeness (QED) is 0.562. The summed E-state index contributed by atoms with van der Waals surface area (Å²) in [4.78, 5) is 20.6. The minimum absolute atomic E-state index is 0.00315. The Kier molecular flexibility index (Phi) is 11.3. The summed E-state index contributed by atoms with van der Waals surface area (Å²) in [5, 5.41) is 6.89. The van der Waals surface area contributed by atoms with Gasteiger partial charge in [0.25, 0.3) is 6.47 Å². The molecule has 0 aromatic heterocycles. The van der Waals surface area contributed by atoms with E-state index >= 15 is 0 Å². The minimum atomic E-state index is -0.250. The smallest absolute Gasteiger partial charge is 0.309 e. The highest BCUT2D eigenvalue weighted by molar-refractivity contribution is 5.75. The summed E-state index contributed by atoms with van der Waals surface area (Å²) in [6, 6.07) is 10.3. The molecular formula is C25H32O5. The van der Waals surface area contributed by atoms with Gasteiger partial charge < -0.3 is 14.6 Å². The van der Waals surface area contributed by atoms with E-state index in [2.05, 4.69) is 36.4 Å². The van der Waals surface area contributed by atoms with Crippen molar-refractivity contribution in [1.82, 2.24) is 0 Å². The summed E-state index contributed by atoms with van der Waals surface area (Å²) in [5.74, 6) is 0.912. The van der Waals surface area contributed by atoms with Crippen molar-refractivity contribution in [2.24, 2.45) is 11.8 Å². The van der Waals surface area contributed by atoms with Crippen molar-refractivity contribution in [2.75, 3.05) is 19.8 Å². The second-order valence-electron chi connectivity index (χ2n) is 7.47. The summed E-state index contributed by atoms with van der Waals surface area (Å²) in [6.45, 7) is 1.93. The third-order valence-corrected chi connectivity index (χ3v) is 5.48. The highest BCUT2D eigenvalue weighted by Gasteiger charge is 2.38. The molecular weight excluding hydrogens is 380 g/mol. The molecule has 5 heteroatoms. The molecule has 0 spiro atoms. The van der Waals surface area contributed by atoms with E-state index in [0.717, 1.165) is 45.3 Å². The van der Waals surface area contributed by atoms with Crippen LogP contribution in [-0.2, 0) is 19.1 Å². The first-order chi connectivity index (χ1) is 14.8. The fourth-order valence-corrected chi connectivity index (χ4v) is 3.62. The van der Waals surface area contributed by atoms with Gasteiger partial charge >= 0.3 is 5.97 Å². The fraction of sp³-hybridized carbons (Fsp3) is 0.440. The van der Waals surface area contributed by atoms with E-state index in [9.17, 15) is 4.79 Å². The number of ether oxygens (including phenoxy) is 2. The van der Waals surface area contributed by atoms with E-state index in [1.807, 2.05) is 30.4 Å². The minimum Gasteiger partial charge on any atom is -0.483 e. The van der Waals surface area contributed by atoms with Gasteiger partial charge in [0.15, 0.2) is 0 Å². The fourth-order valence-electron chi connectivity index (χ4n) is 3.62. The van der Waals surface area contributed by atoms with Crippen molar-refractivity contribution >= 4 is 12.4 Å². The molecule has 0 bridgehead atoms. The Bertz CT molecular complexity index is 688. The molecule has 1 saturated heterocycles. The van der Waals surface area contributed by atoms with Crippen molar-refractivity contribution < 1.29 is 24.2 Å². The third-order valence-electron chi connectivity index (χ3n) is 5.48. The predicted molar refractivity (Wildman–Crippen MR) is 117 cm³/mol. The summed E-state index contributed by atoms with van der Waals surface area (Å²) >= 11 is 0. The van der Waals surface area contributed by atoms with Gasteiger partial charge in [0, 0.05) is 13.2 Å². The lowest BCUT2D eigenvalue weighted by atomic mass is 9.70. The molecule has 1 aliphatic heterocycles. The maximum absolute atomic E-state index is 12.2. The Labute approximate surface area is 179 Å². The van der Waals surface area contributed by atoms with Gasteiger partial charge in [-0.1, -0.05) is 66.8 Å². The molecule has 162 valence electrons. The van der Waals surface area contributed by atoms with Gasteiger partial charge in [-0.2, -0.15) is 0 Å². The Morgan fingerprint density at radius 1 is 1.00 bits per heavy atom. The van der Waals surface area contributed by atoms with Gasteiger partial charge in [0.1, 0.15) is 0 Å². The molecule has 2 atom stereocenters. The van der Waals surface area contributed by atoms with Crippen LogP contribution in [0.3, 0.4) is 0 Å². The van der Waals surface area contributed by atoms with Crippen LogP contribution in [-0.4, -0.2) is 37.4 Å². The highest BCUT2D eigenvalue weighted by atomic mass is 16.5. The first-order valence-electron chi connectivity index (χ1n) is 10.6. The molecule has 2 fully saturated rings. The zero-order valence-corrected chi connectivity index (χ0v) is 17.4. The van der Waals surface area contributed by atoms with Gasteiger partial charge in [0.2, 0.25) is 0 Å². The van der Waals surface area contributed by atoms with Crippen LogP contribution in [0.15, 0.2) is 66.8 Å². The lowest BCUT2D eigenvalue weighted by molar-refractivity contribution is -0.155. The summed E-state index contributed by atoms with van der Waals surface area (Å²) in [5.41, 5.74) is 1.27. The molecule has 1 heterocycles. The van der Waals surface area contributed by atoms with E-state index in [0.29, 0.717) is 18.4 Å². The lowest BCUT2D eigenvalue weighted by Crippen LogP contribution is -2.34. The number of carboxylic acid groups (broad SMARTS) is 1. The Hall–Kier alpha value is -2.66. The SMILES string of the molecule is C1=CC=CCC=C1.O=C(OCC1CCOCC1)[C@@H]1CCC1c1ccccc1.O=CO. The standard InChI is InChI=1S/C17H22O3.C7H8.CH2O2/c18-17(20-12-13-8-10-19-11-9-13)16-7-6-15(16)14-4-2-1-3-5-14;1-2-4-6-7-5-3-1;2-1-3/h1-5,13,15-16H,6-12H2;1-6H,7H2;1H,(H,2,3)/t15?,16-;;/m1../s1. The van der Waals surface area contributed by atoms with E-state index in [-0.39, 0.29) is 18.4 Å².